The number of hydrogen-bond acceptors (Lipinski definition) is 5. The summed E-state index contributed by atoms with van der Waals surface area (Å²) in [5.41, 5.74) is 0.0168. The lowest BCUT2D eigenvalue weighted by Crippen LogP contribution is -2.41. The molecule has 6 nitrogen and oxygen atoms in total. The maximum atomic E-state index is 10.8. The van der Waals surface area contributed by atoms with Crippen LogP contribution in [0.15, 0.2) is 12.3 Å². The lowest BCUT2D eigenvalue weighted by molar-refractivity contribution is 0.0690. The number of hydrogen-bond donors (Lipinski definition) is 2. The molecule has 2 rings (SSSR count). The van der Waals surface area contributed by atoms with Crippen molar-refractivity contribution in [2.45, 2.75) is 32.2 Å². The zero-order valence-electron chi connectivity index (χ0n) is 11.2. The van der Waals surface area contributed by atoms with E-state index in [9.17, 15) is 4.79 Å². The molecular formula is C13H20N4O2. The quantitative estimate of drug-likeness (QED) is 0.838. The largest absolute Gasteiger partial charge is 0.477 e. The van der Waals surface area contributed by atoms with Gasteiger partial charge in [0.15, 0.2) is 5.69 Å². The second-order valence-electron chi connectivity index (χ2n) is 4.90. The molecule has 2 N–H and O–H groups in total. The van der Waals surface area contributed by atoms with E-state index < -0.39 is 5.97 Å². The number of piperidine rings is 1. The van der Waals surface area contributed by atoms with Crippen molar-refractivity contribution in [1.29, 1.82) is 0 Å². The van der Waals surface area contributed by atoms with E-state index in [0.29, 0.717) is 12.0 Å². The number of aromatic nitrogens is 2. The fourth-order valence-corrected chi connectivity index (χ4v) is 2.29. The Hall–Kier alpha value is -1.69. The maximum Gasteiger partial charge on any atom is 0.354 e. The summed E-state index contributed by atoms with van der Waals surface area (Å²) >= 11 is 0. The Morgan fingerprint density at radius 1 is 1.47 bits per heavy atom. The summed E-state index contributed by atoms with van der Waals surface area (Å²) in [6.45, 7) is 5.17. The monoisotopic (exact) mass is 264 g/mol. The first-order valence-corrected chi connectivity index (χ1v) is 6.71. The molecule has 0 saturated carbocycles. The van der Waals surface area contributed by atoms with Crippen LogP contribution < -0.4 is 5.32 Å². The molecule has 0 bridgehead atoms. The second-order valence-corrected chi connectivity index (χ2v) is 4.90. The second kappa shape index (κ2) is 6.47. The van der Waals surface area contributed by atoms with E-state index in [1.165, 1.54) is 31.5 Å². The maximum absolute atomic E-state index is 10.8. The number of likely N-dealkylation sites (tertiary alicyclic amines) is 1. The summed E-state index contributed by atoms with van der Waals surface area (Å²) in [6.07, 6.45) is 5.30. The van der Waals surface area contributed by atoms with Gasteiger partial charge in [-0.2, -0.15) is 0 Å². The number of nitrogens with one attached hydrogen (secondary N) is 1. The van der Waals surface area contributed by atoms with E-state index in [1.807, 2.05) is 0 Å². The van der Waals surface area contributed by atoms with Gasteiger partial charge in [0.1, 0.15) is 0 Å². The molecule has 1 unspecified atom stereocenters. The molecule has 1 aliphatic rings. The molecule has 19 heavy (non-hydrogen) atoms. The Morgan fingerprint density at radius 3 is 2.89 bits per heavy atom. The normalized spacial score (nSPS) is 17.9. The number of carbonyl (C=O) groups is 1. The fraction of sp³-hybridized carbons (Fsp3) is 0.615. The van der Waals surface area contributed by atoms with E-state index in [-0.39, 0.29) is 5.69 Å². The lowest BCUT2D eigenvalue weighted by Gasteiger charge is -2.32. The standard InChI is InChI=1S/C13H20N4O2/c1-10(17-7-3-2-4-8-17)9-15-13-14-6-5-11(16-13)12(18)19/h5-6,10H,2-4,7-9H2,1H3,(H,18,19)(H,14,15,16). The highest BCUT2D eigenvalue weighted by atomic mass is 16.4. The van der Waals surface area contributed by atoms with Gasteiger partial charge in [-0.3, -0.25) is 4.90 Å². The van der Waals surface area contributed by atoms with Gasteiger partial charge in [-0.1, -0.05) is 6.42 Å². The molecule has 0 aromatic carbocycles. The predicted octanol–water partition coefficient (Wildman–Crippen LogP) is 1.46. The van der Waals surface area contributed by atoms with Crippen molar-refractivity contribution in [2.24, 2.45) is 0 Å². The minimum absolute atomic E-state index is 0.0168. The summed E-state index contributed by atoms with van der Waals surface area (Å²) < 4.78 is 0. The number of aromatic carboxylic acids is 1. The molecule has 1 fully saturated rings. The minimum Gasteiger partial charge on any atom is -0.477 e. The SMILES string of the molecule is CC(CNc1nccc(C(=O)O)n1)N1CCCCC1. The van der Waals surface area contributed by atoms with Crippen molar-refractivity contribution in [2.75, 3.05) is 25.0 Å². The van der Waals surface area contributed by atoms with Gasteiger partial charge in [0.05, 0.1) is 0 Å². The Morgan fingerprint density at radius 2 is 2.21 bits per heavy atom. The van der Waals surface area contributed by atoms with Crippen LogP contribution in [0.2, 0.25) is 0 Å². The molecule has 104 valence electrons. The number of nitrogens with zero attached hydrogens (tertiary/aromatic N) is 3. The molecule has 6 heteroatoms. The molecule has 2 heterocycles. The molecule has 1 aliphatic heterocycles. The van der Waals surface area contributed by atoms with Crippen LogP contribution >= 0.6 is 0 Å². The van der Waals surface area contributed by atoms with Crippen molar-refractivity contribution >= 4 is 11.9 Å². The van der Waals surface area contributed by atoms with Crippen LogP contribution in [0.5, 0.6) is 0 Å². The smallest absolute Gasteiger partial charge is 0.354 e. The summed E-state index contributed by atoms with van der Waals surface area (Å²) in [7, 11) is 0. The van der Waals surface area contributed by atoms with Gasteiger partial charge < -0.3 is 10.4 Å². The number of anilines is 1. The highest BCUT2D eigenvalue weighted by Crippen LogP contribution is 2.12. The number of rotatable bonds is 5. The van der Waals surface area contributed by atoms with Crippen LogP contribution in [0.3, 0.4) is 0 Å². The average Bonchev–Trinajstić information content (AvgIpc) is 2.46. The average molecular weight is 264 g/mol. The number of carboxylic acid groups (broad SMARTS) is 1. The van der Waals surface area contributed by atoms with Gasteiger partial charge in [-0.25, -0.2) is 14.8 Å². The highest BCUT2D eigenvalue weighted by molar-refractivity contribution is 5.85. The molecule has 0 amide bonds. The zero-order chi connectivity index (χ0) is 13.7. The van der Waals surface area contributed by atoms with Gasteiger partial charge in [0.2, 0.25) is 5.95 Å². The van der Waals surface area contributed by atoms with Crippen LogP contribution in [0.4, 0.5) is 5.95 Å². The summed E-state index contributed by atoms with van der Waals surface area (Å²) in [4.78, 5) is 21.2. The Bertz CT molecular complexity index is 432. The lowest BCUT2D eigenvalue weighted by atomic mass is 10.1. The van der Waals surface area contributed by atoms with E-state index in [1.54, 1.807) is 0 Å². The molecule has 1 atom stereocenters. The van der Waals surface area contributed by atoms with E-state index in [4.69, 9.17) is 5.11 Å². The van der Waals surface area contributed by atoms with Crippen LogP contribution in [0, 0.1) is 0 Å². The topological polar surface area (TPSA) is 78.3 Å². The summed E-state index contributed by atoms with van der Waals surface area (Å²) in [5.74, 6) is -0.654. The zero-order valence-corrected chi connectivity index (χ0v) is 11.2. The first kappa shape index (κ1) is 13.7. The Kier molecular flexibility index (Phi) is 4.68. The van der Waals surface area contributed by atoms with E-state index in [0.717, 1.165) is 19.6 Å². The van der Waals surface area contributed by atoms with Crippen LogP contribution in [0.25, 0.3) is 0 Å². The molecule has 0 radical (unpaired) electrons. The molecular weight excluding hydrogens is 244 g/mol. The van der Waals surface area contributed by atoms with Crippen molar-refractivity contribution in [1.82, 2.24) is 14.9 Å². The third-order valence-corrected chi connectivity index (χ3v) is 3.44. The van der Waals surface area contributed by atoms with Crippen LogP contribution in [0.1, 0.15) is 36.7 Å². The summed E-state index contributed by atoms with van der Waals surface area (Å²) in [6, 6.07) is 1.79. The van der Waals surface area contributed by atoms with E-state index in [2.05, 4.69) is 27.1 Å². The molecule has 0 aliphatic carbocycles. The first-order valence-electron chi connectivity index (χ1n) is 6.71. The van der Waals surface area contributed by atoms with Gasteiger partial charge in [-0.05, 0) is 38.9 Å². The van der Waals surface area contributed by atoms with E-state index >= 15 is 0 Å². The van der Waals surface area contributed by atoms with Crippen LogP contribution in [-0.4, -0.2) is 51.6 Å². The van der Waals surface area contributed by atoms with Gasteiger partial charge in [0.25, 0.3) is 0 Å². The minimum atomic E-state index is -1.03. The molecule has 0 spiro atoms. The Balaban J connectivity index is 1.87. The third-order valence-electron chi connectivity index (χ3n) is 3.44. The molecule has 1 saturated heterocycles. The summed E-state index contributed by atoms with van der Waals surface area (Å²) in [5, 5.41) is 12.0. The van der Waals surface area contributed by atoms with Gasteiger partial charge >= 0.3 is 5.97 Å². The molecule has 1 aromatic rings. The number of carboxylic acids is 1. The fourth-order valence-electron chi connectivity index (χ4n) is 2.29. The van der Waals surface area contributed by atoms with Gasteiger partial charge in [-0.15, -0.1) is 0 Å². The van der Waals surface area contributed by atoms with Crippen molar-refractivity contribution in [3.05, 3.63) is 18.0 Å². The highest BCUT2D eigenvalue weighted by Gasteiger charge is 2.16. The van der Waals surface area contributed by atoms with Crippen molar-refractivity contribution < 1.29 is 9.90 Å². The van der Waals surface area contributed by atoms with Crippen LogP contribution in [-0.2, 0) is 0 Å². The predicted molar refractivity (Wildman–Crippen MR) is 72.4 cm³/mol. The van der Waals surface area contributed by atoms with Crippen molar-refractivity contribution in [3.63, 3.8) is 0 Å². The third kappa shape index (κ3) is 3.89. The first-order chi connectivity index (χ1) is 9.16. The van der Waals surface area contributed by atoms with Crippen molar-refractivity contribution in [3.8, 4) is 0 Å². The molecule has 1 aromatic heterocycles. The Labute approximate surface area is 112 Å². The van der Waals surface area contributed by atoms with Gasteiger partial charge in [0, 0.05) is 18.8 Å².